The molecule has 0 saturated carbocycles. The summed E-state index contributed by atoms with van der Waals surface area (Å²) in [5.74, 6) is 0.922. The maximum Gasteiger partial charge on any atom is 0.119 e. The molecule has 4 aromatic carbocycles. The highest BCUT2D eigenvalue weighted by molar-refractivity contribution is 6.20. The summed E-state index contributed by atoms with van der Waals surface area (Å²) in [6.07, 6.45) is 0. The van der Waals surface area contributed by atoms with Gasteiger partial charge in [0.1, 0.15) is 5.75 Å². The van der Waals surface area contributed by atoms with Crippen LogP contribution in [0.15, 0.2) is 60.7 Å². The van der Waals surface area contributed by atoms with E-state index in [1.165, 1.54) is 60.8 Å². The maximum atomic E-state index is 5.56. The number of fused-ring (bicyclic) bond motifs is 5. The van der Waals surface area contributed by atoms with E-state index in [2.05, 4.69) is 95.3 Å². The lowest BCUT2D eigenvalue weighted by atomic mass is 9.68. The van der Waals surface area contributed by atoms with Crippen LogP contribution in [-0.4, -0.2) is 7.11 Å². The van der Waals surface area contributed by atoms with Gasteiger partial charge in [-0.1, -0.05) is 77.1 Å². The molecular weight excluding hydrogens is 376 g/mol. The topological polar surface area (TPSA) is 9.23 Å². The number of rotatable bonds is 1. The average Bonchev–Trinajstić information content (AvgIpc) is 3.07. The van der Waals surface area contributed by atoms with E-state index < -0.39 is 0 Å². The monoisotopic (exact) mass is 404 g/mol. The summed E-state index contributed by atoms with van der Waals surface area (Å²) in [6.45, 7) is 11.6. The summed E-state index contributed by atoms with van der Waals surface area (Å²) in [5, 5.41) is 2.84. The van der Waals surface area contributed by atoms with E-state index >= 15 is 0 Å². The first-order valence-corrected chi connectivity index (χ1v) is 11.2. The zero-order chi connectivity index (χ0) is 21.7. The highest BCUT2D eigenvalue weighted by Crippen LogP contribution is 2.56. The number of benzene rings is 4. The molecule has 0 N–H and O–H groups in total. The van der Waals surface area contributed by atoms with Crippen molar-refractivity contribution in [2.75, 3.05) is 7.11 Å². The Labute approximate surface area is 184 Å². The summed E-state index contributed by atoms with van der Waals surface area (Å²) in [5.41, 5.74) is 12.4. The first-order chi connectivity index (χ1) is 14.7. The Hall–Kier alpha value is -3.06. The molecule has 1 nitrogen and oxygen atoms in total. The largest absolute Gasteiger partial charge is 0.497 e. The quantitative estimate of drug-likeness (QED) is 0.274. The van der Waals surface area contributed by atoms with E-state index in [0.29, 0.717) is 0 Å². The van der Waals surface area contributed by atoms with Gasteiger partial charge in [-0.2, -0.15) is 0 Å². The molecule has 31 heavy (non-hydrogen) atoms. The van der Waals surface area contributed by atoms with Crippen molar-refractivity contribution in [3.63, 3.8) is 0 Å². The van der Waals surface area contributed by atoms with Crippen LogP contribution in [0.4, 0.5) is 0 Å². The van der Waals surface area contributed by atoms with Crippen LogP contribution in [0.5, 0.6) is 5.75 Å². The molecule has 0 aromatic heterocycles. The maximum absolute atomic E-state index is 5.56. The van der Waals surface area contributed by atoms with Gasteiger partial charge < -0.3 is 4.74 Å². The summed E-state index contributed by atoms with van der Waals surface area (Å²) >= 11 is 0. The van der Waals surface area contributed by atoms with Crippen molar-refractivity contribution in [1.29, 1.82) is 0 Å². The average molecular weight is 405 g/mol. The zero-order valence-corrected chi connectivity index (χ0v) is 19.2. The van der Waals surface area contributed by atoms with Gasteiger partial charge in [0.05, 0.1) is 7.11 Å². The van der Waals surface area contributed by atoms with E-state index in [1.54, 1.807) is 7.11 Å². The Morgan fingerprint density at radius 2 is 1.23 bits per heavy atom. The summed E-state index contributed by atoms with van der Waals surface area (Å²) in [4.78, 5) is 0. The van der Waals surface area contributed by atoms with Crippen LogP contribution in [0.3, 0.4) is 0 Å². The van der Waals surface area contributed by atoms with E-state index in [4.69, 9.17) is 4.74 Å². The standard InChI is InChI=1S/C30H28O/c1-29(2,3)17-7-9-19-21-11-12-22-20-10-8-18(31-6)16-26(20)30(4,5)25-14-13-23(24(19)15-17)27(21)28(22)25/h7-16H,1-6H3. The molecular formula is C30H28O. The fourth-order valence-electron chi connectivity index (χ4n) is 5.71. The van der Waals surface area contributed by atoms with E-state index in [1.807, 2.05) is 0 Å². The fraction of sp³-hybridized carbons (Fsp3) is 0.267. The van der Waals surface area contributed by atoms with Crippen molar-refractivity contribution in [1.82, 2.24) is 0 Å². The zero-order valence-electron chi connectivity index (χ0n) is 19.2. The van der Waals surface area contributed by atoms with Gasteiger partial charge in [0.25, 0.3) is 0 Å². The van der Waals surface area contributed by atoms with Crippen LogP contribution in [-0.2, 0) is 10.8 Å². The molecule has 0 heterocycles. The molecule has 0 spiro atoms. The van der Waals surface area contributed by atoms with Crippen LogP contribution >= 0.6 is 0 Å². The minimum Gasteiger partial charge on any atom is -0.497 e. The minimum absolute atomic E-state index is 0.0840. The Kier molecular flexibility index (Phi) is 3.49. The van der Waals surface area contributed by atoms with Crippen molar-refractivity contribution in [3.8, 4) is 39.1 Å². The van der Waals surface area contributed by atoms with E-state index in [-0.39, 0.29) is 10.8 Å². The Bertz CT molecular complexity index is 1410. The molecule has 0 saturated heterocycles. The van der Waals surface area contributed by atoms with Crippen molar-refractivity contribution in [2.24, 2.45) is 0 Å². The second kappa shape index (κ2) is 5.79. The summed E-state index contributed by atoms with van der Waals surface area (Å²) in [7, 11) is 1.75. The van der Waals surface area contributed by atoms with Gasteiger partial charge in [-0.3, -0.25) is 0 Å². The molecule has 0 aliphatic heterocycles. The summed E-state index contributed by atoms with van der Waals surface area (Å²) in [6, 6.07) is 23.0. The third kappa shape index (κ3) is 2.32. The molecule has 4 aromatic rings. The molecule has 0 amide bonds. The van der Waals surface area contributed by atoms with Crippen LogP contribution in [0.2, 0.25) is 0 Å². The Balaban J connectivity index is 1.71. The van der Waals surface area contributed by atoms with Gasteiger partial charge in [-0.05, 0) is 84.5 Å². The molecule has 6 rings (SSSR count). The van der Waals surface area contributed by atoms with E-state index in [0.717, 1.165) is 5.75 Å². The van der Waals surface area contributed by atoms with Crippen LogP contribution in [0, 0.1) is 0 Å². The Morgan fingerprint density at radius 1 is 0.613 bits per heavy atom. The SMILES string of the molecule is COc1ccc2c(c1)C(C)(C)c1ccc3c4c(ccc-2c14)-c1ccc(C(C)(C)C)cc1-3. The highest BCUT2D eigenvalue weighted by Gasteiger charge is 2.36. The van der Waals surface area contributed by atoms with Gasteiger partial charge in [0.15, 0.2) is 0 Å². The van der Waals surface area contributed by atoms with Gasteiger partial charge in [0, 0.05) is 5.41 Å². The van der Waals surface area contributed by atoms with Gasteiger partial charge in [-0.15, -0.1) is 0 Å². The molecule has 154 valence electrons. The van der Waals surface area contributed by atoms with Gasteiger partial charge >= 0.3 is 0 Å². The lowest BCUT2D eigenvalue weighted by Gasteiger charge is -2.35. The minimum atomic E-state index is -0.0840. The molecule has 0 bridgehead atoms. The second-order valence-electron chi connectivity index (χ2n) is 10.6. The van der Waals surface area contributed by atoms with Crippen LogP contribution in [0.1, 0.15) is 51.3 Å². The molecule has 2 aliphatic rings. The molecule has 0 atom stereocenters. The van der Waals surface area contributed by atoms with Gasteiger partial charge in [-0.25, -0.2) is 0 Å². The first-order valence-electron chi connectivity index (χ1n) is 11.2. The van der Waals surface area contributed by atoms with Gasteiger partial charge in [0.2, 0.25) is 0 Å². The van der Waals surface area contributed by atoms with Crippen molar-refractivity contribution >= 4 is 10.8 Å². The third-order valence-electron chi connectivity index (χ3n) is 7.49. The fourth-order valence-corrected chi connectivity index (χ4v) is 5.71. The Morgan fingerprint density at radius 3 is 1.94 bits per heavy atom. The second-order valence-corrected chi connectivity index (χ2v) is 10.6. The van der Waals surface area contributed by atoms with Crippen molar-refractivity contribution in [3.05, 3.63) is 77.4 Å². The van der Waals surface area contributed by atoms with Crippen LogP contribution < -0.4 is 4.74 Å². The first kappa shape index (κ1) is 18.7. The normalized spacial score (nSPS) is 15.0. The number of ether oxygens (including phenoxy) is 1. The molecule has 1 heteroatoms. The molecule has 0 unspecified atom stereocenters. The summed E-state index contributed by atoms with van der Waals surface area (Å²) < 4.78 is 5.56. The smallest absolute Gasteiger partial charge is 0.119 e. The van der Waals surface area contributed by atoms with Crippen molar-refractivity contribution in [2.45, 2.75) is 45.4 Å². The third-order valence-corrected chi connectivity index (χ3v) is 7.49. The van der Waals surface area contributed by atoms with Crippen molar-refractivity contribution < 1.29 is 4.74 Å². The predicted molar refractivity (Wildman–Crippen MR) is 131 cm³/mol. The number of hydrogen-bond donors (Lipinski definition) is 0. The van der Waals surface area contributed by atoms with Crippen LogP contribution in [0.25, 0.3) is 44.2 Å². The van der Waals surface area contributed by atoms with E-state index in [9.17, 15) is 0 Å². The lowest BCUT2D eigenvalue weighted by molar-refractivity contribution is 0.413. The molecule has 0 fully saturated rings. The lowest BCUT2D eigenvalue weighted by Crippen LogP contribution is -2.23. The number of hydrogen-bond acceptors (Lipinski definition) is 1. The molecule has 0 radical (unpaired) electrons. The predicted octanol–water partition coefficient (Wildman–Crippen LogP) is 8.10. The highest BCUT2D eigenvalue weighted by atomic mass is 16.5. The number of methoxy groups -OCH3 is 1. The molecule has 2 aliphatic carbocycles.